The number of nitrogens with one attached hydrogen (secondary N) is 1. The molecular formula is C24H28N6O. The van der Waals surface area contributed by atoms with Gasteiger partial charge in [0.05, 0.1) is 28.8 Å². The monoisotopic (exact) mass is 416 g/mol. The molecule has 0 saturated carbocycles. The van der Waals surface area contributed by atoms with E-state index >= 15 is 0 Å². The molecule has 7 nitrogen and oxygen atoms in total. The van der Waals surface area contributed by atoms with E-state index in [9.17, 15) is 4.79 Å². The topological polar surface area (TPSA) is 74.2 Å². The summed E-state index contributed by atoms with van der Waals surface area (Å²) >= 11 is 0. The highest BCUT2D eigenvalue weighted by Gasteiger charge is 2.22. The van der Waals surface area contributed by atoms with Crippen molar-refractivity contribution in [1.82, 2.24) is 15.0 Å². The average molecular weight is 417 g/mol. The summed E-state index contributed by atoms with van der Waals surface area (Å²) in [6, 6.07) is 9.84. The standard InChI is InChI=1S/C24H28N6O/c1-17(2)19-6-7-21(28-24(31)20-5-4-8-25-15-20)22(13-19)29-9-11-30(12-10-29)23-16-26-14-18(3)27-23/h4-8,13-17H,9-12H2,1-3H3,(H,28,31). The van der Waals surface area contributed by atoms with Crippen molar-refractivity contribution >= 4 is 23.1 Å². The summed E-state index contributed by atoms with van der Waals surface area (Å²) in [6.45, 7) is 9.70. The van der Waals surface area contributed by atoms with E-state index in [0.717, 1.165) is 49.1 Å². The highest BCUT2D eigenvalue weighted by Crippen LogP contribution is 2.31. The van der Waals surface area contributed by atoms with E-state index in [0.29, 0.717) is 11.5 Å². The molecule has 0 bridgehead atoms. The van der Waals surface area contributed by atoms with Crippen molar-refractivity contribution in [1.29, 1.82) is 0 Å². The molecule has 0 unspecified atom stereocenters. The van der Waals surface area contributed by atoms with E-state index < -0.39 is 0 Å². The molecule has 31 heavy (non-hydrogen) atoms. The highest BCUT2D eigenvalue weighted by molar-refractivity contribution is 6.05. The molecule has 1 aliphatic heterocycles. The summed E-state index contributed by atoms with van der Waals surface area (Å²) in [5, 5.41) is 3.08. The summed E-state index contributed by atoms with van der Waals surface area (Å²) in [7, 11) is 0. The van der Waals surface area contributed by atoms with Crippen molar-refractivity contribution in [2.24, 2.45) is 0 Å². The molecule has 2 aromatic heterocycles. The van der Waals surface area contributed by atoms with Gasteiger partial charge in [0.25, 0.3) is 5.91 Å². The van der Waals surface area contributed by atoms with Crippen LogP contribution in [0.3, 0.4) is 0 Å². The number of hydrogen-bond acceptors (Lipinski definition) is 6. The van der Waals surface area contributed by atoms with Gasteiger partial charge in [0.1, 0.15) is 5.82 Å². The zero-order chi connectivity index (χ0) is 21.8. The second-order valence-electron chi connectivity index (χ2n) is 8.12. The van der Waals surface area contributed by atoms with Crippen LogP contribution < -0.4 is 15.1 Å². The van der Waals surface area contributed by atoms with Gasteiger partial charge in [-0.3, -0.25) is 14.8 Å². The summed E-state index contributed by atoms with van der Waals surface area (Å²) in [5.74, 6) is 1.17. The van der Waals surface area contributed by atoms with E-state index in [1.807, 2.05) is 19.2 Å². The van der Waals surface area contributed by atoms with Crippen molar-refractivity contribution in [3.05, 3.63) is 71.9 Å². The molecule has 160 valence electrons. The lowest BCUT2D eigenvalue weighted by Crippen LogP contribution is -2.47. The Hall–Kier alpha value is -3.48. The fourth-order valence-corrected chi connectivity index (χ4v) is 3.75. The maximum absolute atomic E-state index is 12.7. The number of carbonyl (C=O) groups is 1. The molecule has 1 N–H and O–H groups in total. The van der Waals surface area contributed by atoms with E-state index in [1.54, 1.807) is 30.7 Å². The van der Waals surface area contributed by atoms with Gasteiger partial charge in [0, 0.05) is 44.8 Å². The predicted molar refractivity (Wildman–Crippen MR) is 124 cm³/mol. The van der Waals surface area contributed by atoms with E-state index in [1.165, 1.54) is 5.56 Å². The largest absolute Gasteiger partial charge is 0.366 e. The molecule has 1 aromatic carbocycles. The first-order chi connectivity index (χ1) is 15.0. The minimum Gasteiger partial charge on any atom is -0.366 e. The van der Waals surface area contributed by atoms with Crippen LogP contribution >= 0.6 is 0 Å². The fraction of sp³-hybridized carbons (Fsp3) is 0.333. The van der Waals surface area contributed by atoms with Gasteiger partial charge in [-0.05, 0) is 42.7 Å². The number of benzene rings is 1. The minimum atomic E-state index is -0.152. The second kappa shape index (κ2) is 9.12. The van der Waals surface area contributed by atoms with Crippen LogP contribution in [0.2, 0.25) is 0 Å². The Morgan fingerprint density at radius 2 is 1.77 bits per heavy atom. The molecule has 3 heterocycles. The number of amides is 1. The molecule has 0 radical (unpaired) electrons. The zero-order valence-electron chi connectivity index (χ0n) is 18.2. The van der Waals surface area contributed by atoms with Gasteiger partial charge in [-0.1, -0.05) is 19.9 Å². The number of aromatic nitrogens is 3. The van der Waals surface area contributed by atoms with Gasteiger partial charge in [-0.2, -0.15) is 0 Å². The minimum absolute atomic E-state index is 0.152. The van der Waals surface area contributed by atoms with Crippen molar-refractivity contribution in [3.8, 4) is 0 Å². The average Bonchev–Trinajstić information content (AvgIpc) is 2.80. The first-order valence-corrected chi connectivity index (χ1v) is 10.6. The molecule has 4 rings (SSSR count). The molecule has 1 aliphatic rings. The summed E-state index contributed by atoms with van der Waals surface area (Å²) in [5.41, 5.74) is 4.59. The highest BCUT2D eigenvalue weighted by atomic mass is 16.1. The Labute approximate surface area is 183 Å². The number of nitrogens with zero attached hydrogens (tertiary/aromatic N) is 5. The molecule has 0 aliphatic carbocycles. The smallest absolute Gasteiger partial charge is 0.257 e. The predicted octanol–water partition coefficient (Wildman–Crippen LogP) is 3.88. The Balaban J connectivity index is 1.55. The fourth-order valence-electron chi connectivity index (χ4n) is 3.75. The third kappa shape index (κ3) is 4.82. The van der Waals surface area contributed by atoms with Crippen LogP contribution in [-0.4, -0.2) is 47.0 Å². The van der Waals surface area contributed by atoms with E-state index in [4.69, 9.17) is 0 Å². The zero-order valence-corrected chi connectivity index (χ0v) is 18.2. The van der Waals surface area contributed by atoms with Gasteiger partial charge in [0.15, 0.2) is 0 Å². The summed E-state index contributed by atoms with van der Waals surface area (Å²) in [4.78, 5) is 30.3. The number of rotatable bonds is 5. The van der Waals surface area contributed by atoms with Crippen LogP contribution in [0.15, 0.2) is 55.1 Å². The van der Waals surface area contributed by atoms with Crippen molar-refractivity contribution in [2.45, 2.75) is 26.7 Å². The molecule has 1 amide bonds. The number of piperazine rings is 1. The van der Waals surface area contributed by atoms with Gasteiger partial charge < -0.3 is 15.1 Å². The van der Waals surface area contributed by atoms with Gasteiger partial charge in [0.2, 0.25) is 0 Å². The number of aryl methyl sites for hydroxylation is 1. The quantitative estimate of drug-likeness (QED) is 0.680. The molecule has 1 fully saturated rings. The van der Waals surface area contributed by atoms with E-state index in [-0.39, 0.29) is 5.91 Å². The Morgan fingerprint density at radius 1 is 1.00 bits per heavy atom. The van der Waals surface area contributed by atoms with Gasteiger partial charge in [-0.15, -0.1) is 0 Å². The number of carbonyl (C=O) groups excluding carboxylic acids is 1. The molecule has 0 spiro atoms. The maximum atomic E-state index is 12.7. The second-order valence-corrected chi connectivity index (χ2v) is 8.12. The summed E-state index contributed by atoms with van der Waals surface area (Å²) < 4.78 is 0. The molecule has 3 aromatic rings. The van der Waals surface area contributed by atoms with Gasteiger partial charge >= 0.3 is 0 Å². The lowest BCUT2D eigenvalue weighted by molar-refractivity contribution is 0.102. The molecular weight excluding hydrogens is 388 g/mol. The lowest BCUT2D eigenvalue weighted by Gasteiger charge is -2.37. The Morgan fingerprint density at radius 3 is 2.45 bits per heavy atom. The number of pyridine rings is 1. The lowest BCUT2D eigenvalue weighted by atomic mass is 10.0. The van der Waals surface area contributed by atoms with Crippen LogP contribution in [0.4, 0.5) is 17.2 Å². The first kappa shape index (κ1) is 20.8. The SMILES string of the molecule is Cc1cncc(N2CCN(c3cc(C(C)C)ccc3NC(=O)c3cccnc3)CC2)n1. The van der Waals surface area contributed by atoms with Crippen LogP contribution in [0.5, 0.6) is 0 Å². The molecule has 1 saturated heterocycles. The number of anilines is 3. The third-order valence-electron chi connectivity index (χ3n) is 5.55. The van der Waals surface area contributed by atoms with Crippen molar-refractivity contribution < 1.29 is 4.79 Å². The van der Waals surface area contributed by atoms with Crippen molar-refractivity contribution in [3.63, 3.8) is 0 Å². The third-order valence-corrected chi connectivity index (χ3v) is 5.55. The van der Waals surface area contributed by atoms with Crippen molar-refractivity contribution in [2.75, 3.05) is 41.3 Å². The Bertz CT molecular complexity index is 1040. The summed E-state index contributed by atoms with van der Waals surface area (Å²) in [6.07, 6.45) is 6.84. The molecule has 7 heteroatoms. The van der Waals surface area contributed by atoms with Crippen LogP contribution in [0.25, 0.3) is 0 Å². The first-order valence-electron chi connectivity index (χ1n) is 10.6. The Kier molecular flexibility index (Phi) is 6.11. The van der Waals surface area contributed by atoms with Gasteiger partial charge in [-0.25, -0.2) is 4.98 Å². The van der Waals surface area contributed by atoms with E-state index in [2.05, 4.69) is 56.0 Å². The normalized spacial score (nSPS) is 14.1. The number of hydrogen-bond donors (Lipinski definition) is 1. The molecule has 0 atom stereocenters. The van der Waals surface area contributed by atoms with Crippen LogP contribution in [0.1, 0.15) is 41.4 Å². The maximum Gasteiger partial charge on any atom is 0.257 e. The van der Waals surface area contributed by atoms with Crippen LogP contribution in [0, 0.1) is 6.92 Å². The van der Waals surface area contributed by atoms with Crippen LogP contribution in [-0.2, 0) is 0 Å².